The summed E-state index contributed by atoms with van der Waals surface area (Å²) in [4.78, 5) is 0. The van der Waals surface area contributed by atoms with Crippen LogP contribution in [0.25, 0.3) is 0 Å². The number of ether oxygens (including phenoxy) is 2. The van der Waals surface area contributed by atoms with Gasteiger partial charge < -0.3 is 9.47 Å². The van der Waals surface area contributed by atoms with Gasteiger partial charge in [-0.25, -0.2) is 0 Å². The summed E-state index contributed by atoms with van der Waals surface area (Å²) in [6, 6.07) is 9.70. The summed E-state index contributed by atoms with van der Waals surface area (Å²) < 4.78 is 9.00. The molecule has 20 heavy (non-hydrogen) atoms. The molecular formula is C14H16Cl3NO2. The third kappa shape index (κ3) is 5.71. The van der Waals surface area contributed by atoms with Crippen LogP contribution in [0.3, 0.4) is 0 Å². The van der Waals surface area contributed by atoms with Crippen LogP contribution in [-0.4, -0.2) is 21.9 Å². The molecule has 1 rings (SSSR count). The number of hydrogen-bond donors (Lipinski definition) is 1. The molecule has 1 aromatic rings. The van der Waals surface area contributed by atoms with Crippen LogP contribution in [0.4, 0.5) is 0 Å². The first-order valence-electron chi connectivity index (χ1n) is 5.87. The summed E-state index contributed by atoms with van der Waals surface area (Å²) in [5.41, 5.74) is 0.103. The predicted molar refractivity (Wildman–Crippen MR) is 83.8 cm³/mol. The van der Waals surface area contributed by atoms with E-state index in [1.54, 1.807) is 6.92 Å². The van der Waals surface area contributed by atoms with E-state index in [0.717, 1.165) is 5.56 Å². The van der Waals surface area contributed by atoms with E-state index in [9.17, 15) is 0 Å². The number of benzene rings is 1. The lowest BCUT2D eigenvalue weighted by Gasteiger charge is -2.29. The van der Waals surface area contributed by atoms with Gasteiger partial charge in [-0.1, -0.05) is 71.7 Å². The topological polar surface area (TPSA) is 42.3 Å². The van der Waals surface area contributed by atoms with Gasteiger partial charge in [-0.15, -0.1) is 0 Å². The summed E-state index contributed by atoms with van der Waals surface area (Å²) >= 11 is 16.7. The summed E-state index contributed by atoms with van der Waals surface area (Å²) in [5.74, 6) is -0.465. The molecule has 6 heteroatoms. The van der Waals surface area contributed by atoms with Crippen molar-refractivity contribution in [2.45, 2.75) is 22.9 Å². The summed E-state index contributed by atoms with van der Waals surface area (Å²) in [5, 5.41) is 7.58. The Labute approximate surface area is 133 Å². The van der Waals surface area contributed by atoms with Gasteiger partial charge in [-0.2, -0.15) is 0 Å². The second-order valence-electron chi connectivity index (χ2n) is 4.42. The van der Waals surface area contributed by atoms with Gasteiger partial charge in [0.15, 0.2) is 0 Å². The maximum Gasteiger partial charge on any atom is 0.265 e. The van der Waals surface area contributed by atoms with Gasteiger partial charge in [0.05, 0.1) is 13.2 Å². The highest BCUT2D eigenvalue weighted by atomic mass is 35.6. The van der Waals surface area contributed by atoms with E-state index in [1.165, 1.54) is 6.08 Å². The zero-order valence-corrected chi connectivity index (χ0v) is 13.3. The Balaban J connectivity index is 2.53. The number of nitrogens with one attached hydrogen (secondary N) is 1. The minimum atomic E-state index is -1.90. The Bertz CT molecular complexity index is 459. The average molecular weight is 337 g/mol. The van der Waals surface area contributed by atoms with Crippen molar-refractivity contribution in [1.29, 1.82) is 5.41 Å². The summed E-state index contributed by atoms with van der Waals surface area (Å²) in [7, 11) is 0. The normalized spacial score (nSPS) is 14.4. The van der Waals surface area contributed by atoms with E-state index in [0.29, 0.717) is 6.61 Å². The molecule has 3 nitrogen and oxygen atoms in total. The zero-order chi connectivity index (χ0) is 15.2. The Morgan fingerprint density at radius 2 is 1.90 bits per heavy atom. The molecule has 0 saturated heterocycles. The molecule has 1 atom stereocenters. The monoisotopic (exact) mass is 335 g/mol. The summed E-state index contributed by atoms with van der Waals surface area (Å²) in [6.45, 7) is 5.98. The van der Waals surface area contributed by atoms with E-state index in [2.05, 4.69) is 6.58 Å². The van der Waals surface area contributed by atoms with Crippen LogP contribution in [0.15, 0.2) is 43.0 Å². The van der Waals surface area contributed by atoms with Crippen molar-refractivity contribution in [3.05, 3.63) is 48.6 Å². The molecule has 0 fully saturated rings. The van der Waals surface area contributed by atoms with E-state index in [-0.39, 0.29) is 6.61 Å². The Morgan fingerprint density at radius 1 is 1.30 bits per heavy atom. The van der Waals surface area contributed by atoms with Gasteiger partial charge in [0.1, 0.15) is 5.60 Å². The highest BCUT2D eigenvalue weighted by Crippen LogP contribution is 2.30. The molecule has 0 saturated carbocycles. The van der Waals surface area contributed by atoms with E-state index >= 15 is 0 Å². The highest BCUT2D eigenvalue weighted by Gasteiger charge is 2.34. The minimum absolute atomic E-state index is 0.189. The van der Waals surface area contributed by atoms with Crippen LogP contribution in [0, 0.1) is 5.41 Å². The molecule has 0 amide bonds. The van der Waals surface area contributed by atoms with Crippen LogP contribution in [0.5, 0.6) is 0 Å². The smallest absolute Gasteiger partial charge is 0.265 e. The van der Waals surface area contributed by atoms with Gasteiger partial charge in [-0.3, -0.25) is 5.41 Å². The van der Waals surface area contributed by atoms with Gasteiger partial charge in [0, 0.05) is 0 Å². The molecule has 0 aliphatic carbocycles. The fraction of sp³-hybridized carbons (Fsp3) is 0.357. The molecule has 1 unspecified atom stereocenters. The molecule has 0 radical (unpaired) electrons. The van der Waals surface area contributed by atoms with E-state index in [4.69, 9.17) is 49.7 Å². The molecule has 110 valence electrons. The summed E-state index contributed by atoms with van der Waals surface area (Å²) in [6.07, 6.45) is 1.52. The molecule has 0 spiro atoms. The van der Waals surface area contributed by atoms with E-state index in [1.807, 2.05) is 30.3 Å². The maximum atomic E-state index is 7.58. The van der Waals surface area contributed by atoms with Crippen LogP contribution in [-0.2, 0) is 16.1 Å². The lowest BCUT2D eigenvalue weighted by molar-refractivity contribution is -0.00112. The van der Waals surface area contributed by atoms with Crippen LogP contribution in [0.2, 0.25) is 0 Å². The standard InChI is InChI=1S/C14H16Cl3NO2/c1-3-13(2,20-12(18)14(15,16)17)10-19-9-11-7-5-4-6-8-11/h3-8,18H,1,9-10H2,2H3. The van der Waals surface area contributed by atoms with Gasteiger partial charge >= 0.3 is 0 Å². The van der Waals surface area contributed by atoms with Crippen molar-refractivity contribution in [3.63, 3.8) is 0 Å². The first-order chi connectivity index (χ1) is 9.27. The average Bonchev–Trinajstić information content (AvgIpc) is 2.39. The SMILES string of the molecule is C=CC(C)(COCc1ccccc1)OC(=N)C(Cl)(Cl)Cl. The van der Waals surface area contributed by atoms with Gasteiger partial charge in [0.2, 0.25) is 5.90 Å². The lowest BCUT2D eigenvalue weighted by atomic mass is 10.1. The van der Waals surface area contributed by atoms with Crippen molar-refractivity contribution in [1.82, 2.24) is 0 Å². The van der Waals surface area contributed by atoms with Crippen molar-refractivity contribution in [2.24, 2.45) is 0 Å². The number of alkyl halides is 3. The van der Waals surface area contributed by atoms with Crippen molar-refractivity contribution in [3.8, 4) is 0 Å². The molecule has 0 aromatic heterocycles. The first-order valence-corrected chi connectivity index (χ1v) is 7.00. The second kappa shape index (κ2) is 7.32. The highest BCUT2D eigenvalue weighted by molar-refractivity contribution is 6.76. The third-order valence-electron chi connectivity index (χ3n) is 2.52. The molecule has 0 heterocycles. The van der Waals surface area contributed by atoms with Gasteiger partial charge in [-0.05, 0) is 18.6 Å². The first kappa shape index (κ1) is 17.3. The van der Waals surface area contributed by atoms with Gasteiger partial charge in [0.25, 0.3) is 3.79 Å². The largest absolute Gasteiger partial charge is 0.465 e. The number of rotatable bonds is 6. The Morgan fingerprint density at radius 3 is 2.40 bits per heavy atom. The predicted octanol–water partition coefficient (Wildman–Crippen LogP) is 4.51. The molecule has 1 aromatic carbocycles. The number of halogens is 3. The lowest BCUT2D eigenvalue weighted by Crippen LogP contribution is -2.38. The fourth-order valence-corrected chi connectivity index (χ4v) is 1.48. The molecular weight excluding hydrogens is 321 g/mol. The van der Waals surface area contributed by atoms with Crippen molar-refractivity contribution < 1.29 is 9.47 Å². The molecule has 0 aliphatic rings. The molecule has 1 N–H and O–H groups in total. The van der Waals surface area contributed by atoms with Crippen LogP contribution >= 0.6 is 34.8 Å². The molecule has 0 aliphatic heterocycles. The van der Waals surface area contributed by atoms with E-state index < -0.39 is 15.3 Å². The maximum absolute atomic E-state index is 7.58. The minimum Gasteiger partial charge on any atom is -0.465 e. The van der Waals surface area contributed by atoms with Crippen molar-refractivity contribution >= 4 is 40.7 Å². The Kier molecular flexibility index (Phi) is 6.34. The third-order valence-corrected chi connectivity index (χ3v) is 3.04. The fourth-order valence-electron chi connectivity index (χ4n) is 1.37. The Hall–Kier alpha value is -0.740. The molecule has 0 bridgehead atoms. The quantitative estimate of drug-likeness (QED) is 0.359. The second-order valence-corrected chi connectivity index (χ2v) is 6.71. The number of hydrogen-bond acceptors (Lipinski definition) is 3. The van der Waals surface area contributed by atoms with Crippen molar-refractivity contribution in [2.75, 3.05) is 6.61 Å². The van der Waals surface area contributed by atoms with Crippen LogP contribution in [0.1, 0.15) is 12.5 Å². The zero-order valence-electron chi connectivity index (χ0n) is 11.0. The van der Waals surface area contributed by atoms with Crippen LogP contribution < -0.4 is 0 Å².